The summed E-state index contributed by atoms with van der Waals surface area (Å²) in [6.45, 7) is 8.68. The van der Waals surface area contributed by atoms with Crippen LogP contribution >= 0.6 is 0 Å². The highest BCUT2D eigenvalue weighted by molar-refractivity contribution is 5.87. The SMILES string of the molecule is C=CCC1CCCCCCC(C(C(=C)C(=O)O)(C2CCCCCCCCC2)C2CCCCCCCCC2)CC1. The quantitative estimate of drug-likeness (QED) is 0.257. The number of rotatable bonds is 7. The third-order valence-corrected chi connectivity index (χ3v) is 11.4. The molecule has 2 nitrogen and oxygen atoms in total. The van der Waals surface area contributed by atoms with Crippen LogP contribution in [-0.4, -0.2) is 11.1 Å². The highest BCUT2D eigenvalue weighted by Crippen LogP contribution is 2.58. The van der Waals surface area contributed by atoms with Crippen LogP contribution < -0.4 is 0 Å². The van der Waals surface area contributed by atoms with E-state index in [1.165, 1.54) is 167 Å². The lowest BCUT2D eigenvalue weighted by Crippen LogP contribution is -2.48. The van der Waals surface area contributed by atoms with Crippen LogP contribution in [0.4, 0.5) is 0 Å². The van der Waals surface area contributed by atoms with Crippen molar-refractivity contribution in [3.05, 3.63) is 24.8 Å². The summed E-state index contributed by atoms with van der Waals surface area (Å²) in [5.41, 5.74) is 0.385. The summed E-state index contributed by atoms with van der Waals surface area (Å²) in [5, 5.41) is 10.8. The van der Waals surface area contributed by atoms with Gasteiger partial charge in [-0.1, -0.05) is 135 Å². The molecule has 224 valence electrons. The molecule has 2 heteroatoms. The largest absolute Gasteiger partial charge is 0.478 e. The summed E-state index contributed by atoms with van der Waals surface area (Å²) in [6, 6.07) is 0. The number of allylic oxidation sites excluding steroid dienone is 1. The zero-order chi connectivity index (χ0) is 27.8. The van der Waals surface area contributed by atoms with Gasteiger partial charge < -0.3 is 5.11 Å². The number of carboxylic acid groups (broad SMARTS) is 1. The first-order valence-corrected chi connectivity index (χ1v) is 17.6. The summed E-state index contributed by atoms with van der Waals surface area (Å²) >= 11 is 0. The van der Waals surface area contributed by atoms with E-state index < -0.39 is 5.97 Å². The molecule has 0 aromatic rings. The maximum Gasteiger partial charge on any atom is 0.331 e. The van der Waals surface area contributed by atoms with Gasteiger partial charge in [0.05, 0.1) is 0 Å². The number of hydrogen-bond acceptors (Lipinski definition) is 1. The minimum atomic E-state index is -0.691. The Morgan fingerprint density at radius 2 is 0.897 bits per heavy atom. The van der Waals surface area contributed by atoms with Gasteiger partial charge in [0.2, 0.25) is 0 Å². The van der Waals surface area contributed by atoms with Crippen molar-refractivity contribution in [3.8, 4) is 0 Å². The molecule has 0 heterocycles. The Morgan fingerprint density at radius 1 is 0.564 bits per heavy atom. The lowest BCUT2D eigenvalue weighted by atomic mass is 9.50. The van der Waals surface area contributed by atoms with Crippen LogP contribution in [0.1, 0.15) is 173 Å². The minimum absolute atomic E-state index is 0.234. The maximum atomic E-state index is 13.2. The molecule has 0 radical (unpaired) electrons. The first kappa shape index (κ1) is 32.5. The molecule has 0 aromatic heterocycles. The Labute approximate surface area is 242 Å². The van der Waals surface area contributed by atoms with E-state index in [-0.39, 0.29) is 5.41 Å². The molecule has 3 aliphatic rings. The van der Waals surface area contributed by atoms with Crippen LogP contribution in [0.15, 0.2) is 24.8 Å². The van der Waals surface area contributed by atoms with Crippen LogP contribution in [0.3, 0.4) is 0 Å². The van der Waals surface area contributed by atoms with Gasteiger partial charge in [-0.25, -0.2) is 4.79 Å². The second-order valence-corrected chi connectivity index (χ2v) is 13.9. The second-order valence-electron chi connectivity index (χ2n) is 13.9. The zero-order valence-electron chi connectivity index (χ0n) is 25.7. The van der Waals surface area contributed by atoms with Crippen molar-refractivity contribution in [3.63, 3.8) is 0 Å². The van der Waals surface area contributed by atoms with Gasteiger partial charge in [-0.05, 0) is 75.0 Å². The lowest BCUT2D eigenvalue weighted by Gasteiger charge is -2.53. The average Bonchev–Trinajstić information content (AvgIpc) is 2.95. The molecular formula is C37H64O2. The topological polar surface area (TPSA) is 37.3 Å². The highest BCUT2D eigenvalue weighted by atomic mass is 16.4. The van der Waals surface area contributed by atoms with Gasteiger partial charge in [-0.3, -0.25) is 0 Å². The van der Waals surface area contributed by atoms with Crippen molar-refractivity contribution >= 4 is 5.97 Å². The predicted octanol–water partition coefficient (Wildman–Crippen LogP) is 11.8. The standard InChI is InChI=1S/C37H64O2/c1-3-22-32-23-16-14-15-21-28-35(30-29-32)37(31(2)36(38)39,33-24-17-10-6-4-7-11-18-25-33)34-26-19-12-8-5-9-13-20-27-34/h3,32-35H,1-2,4-30H2,(H,38,39). The zero-order valence-corrected chi connectivity index (χ0v) is 25.7. The van der Waals surface area contributed by atoms with Crippen LogP contribution in [-0.2, 0) is 4.79 Å². The molecule has 3 rings (SSSR count). The van der Waals surface area contributed by atoms with Gasteiger partial charge in [0.15, 0.2) is 0 Å². The lowest BCUT2D eigenvalue weighted by molar-refractivity contribution is -0.137. The Bertz CT molecular complexity index is 662. The van der Waals surface area contributed by atoms with Gasteiger partial charge in [0, 0.05) is 11.0 Å². The molecule has 2 atom stereocenters. The predicted molar refractivity (Wildman–Crippen MR) is 168 cm³/mol. The molecule has 0 aliphatic heterocycles. The Morgan fingerprint density at radius 3 is 1.26 bits per heavy atom. The summed E-state index contributed by atoms with van der Waals surface area (Å²) in [6.07, 6.45) is 36.9. The van der Waals surface area contributed by atoms with Crippen molar-refractivity contribution < 1.29 is 9.90 Å². The van der Waals surface area contributed by atoms with Crippen molar-refractivity contribution in [2.24, 2.45) is 29.1 Å². The summed E-state index contributed by atoms with van der Waals surface area (Å²) in [4.78, 5) is 13.2. The molecule has 0 saturated heterocycles. The van der Waals surface area contributed by atoms with E-state index in [2.05, 4.69) is 19.2 Å². The molecule has 0 aromatic carbocycles. The minimum Gasteiger partial charge on any atom is -0.478 e. The fraction of sp³-hybridized carbons (Fsp3) is 0.865. The van der Waals surface area contributed by atoms with E-state index in [4.69, 9.17) is 0 Å². The molecule has 3 fully saturated rings. The smallest absolute Gasteiger partial charge is 0.331 e. The van der Waals surface area contributed by atoms with Crippen LogP contribution in [0.5, 0.6) is 0 Å². The van der Waals surface area contributed by atoms with Crippen LogP contribution in [0, 0.1) is 29.1 Å². The van der Waals surface area contributed by atoms with Crippen LogP contribution in [0.2, 0.25) is 0 Å². The van der Waals surface area contributed by atoms with E-state index >= 15 is 0 Å². The third kappa shape index (κ3) is 9.78. The Kier molecular flexibility index (Phi) is 15.3. The van der Waals surface area contributed by atoms with Crippen molar-refractivity contribution in [1.82, 2.24) is 0 Å². The number of aliphatic carboxylic acids is 1. The van der Waals surface area contributed by atoms with Gasteiger partial charge in [0.25, 0.3) is 0 Å². The molecule has 0 bridgehead atoms. The fourth-order valence-electron chi connectivity index (χ4n) is 9.35. The normalized spacial score (nSPS) is 27.2. The molecule has 3 aliphatic carbocycles. The second kappa shape index (κ2) is 18.4. The van der Waals surface area contributed by atoms with E-state index in [0.717, 1.165) is 6.42 Å². The maximum absolute atomic E-state index is 13.2. The molecular weight excluding hydrogens is 476 g/mol. The first-order chi connectivity index (χ1) is 19.1. The summed E-state index contributed by atoms with van der Waals surface area (Å²) in [5.74, 6) is 1.46. The summed E-state index contributed by atoms with van der Waals surface area (Å²) in [7, 11) is 0. The molecule has 3 saturated carbocycles. The number of carboxylic acids is 1. The monoisotopic (exact) mass is 540 g/mol. The van der Waals surface area contributed by atoms with E-state index in [0.29, 0.717) is 29.2 Å². The molecule has 0 amide bonds. The van der Waals surface area contributed by atoms with Gasteiger partial charge >= 0.3 is 5.97 Å². The number of hydrogen-bond donors (Lipinski definition) is 1. The van der Waals surface area contributed by atoms with E-state index in [9.17, 15) is 9.90 Å². The third-order valence-electron chi connectivity index (χ3n) is 11.4. The molecule has 1 N–H and O–H groups in total. The first-order valence-electron chi connectivity index (χ1n) is 17.6. The molecule has 39 heavy (non-hydrogen) atoms. The summed E-state index contributed by atoms with van der Waals surface area (Å²) < 4.78 is 0. The van der Waals surface area contributed by atoms with Gasteiger partial charge in [-0.2, -0.15) is 0 Å². The van der Waals surface area contributed by atoms with Gasteiger partial charge in [0.1, 0.15) is 0 Å². The van der Waals surface area contributed by atoms with E-state index in [1.54, 1.807) is 0 Å². The number of carbonyl (C=O) groups is 1. The highest BCUT2D eigenvalue weighted by Gasteiger charge is 2.53. The average molecular weight is 541 g/mol. The van der Waals surface area contributed by atoms with Gasteiger partial charge in [-0.15, -0.1) is 6.58 Å². The molecule has 2 unspecified atom stereocenters. The van der Waals surface area contributed by atoms with E-state index in [1.807, 2.05) is 0 Å². The molecule has 0 spiro atoms. The van der Waals surface area contributed by atoms with Crippen molar-refractivity contribution in [1.29, 1.82) is 0 Å². The Balaban J connectivity index is 2.08. The van der Waals surface area contributed by atoms with Crippen molar-refractivity contribution in [2.45, 2.75) is 173 Å². The van der Waals surface area contributed by atoms with Crippen molar-refractivity contribution in [2.75, 3.05) is 0 Å². The fourth-order valence-corrected chi connectivity index (χ4v) is 9.35. The Hall–Kier alpha value is -1.05. The van der Waals surface area contributed by atoms with Crippen LogP contribution in [0.25, 0.3) is 0 Å².